The van der Waals surface area contributed by atoms with Crippen LogP contribution < -0.4 is 5.32 Å². The number of amides is 2. The molecule has 0 saturated carbocycles. The van der Waals surface area contributed by atoms with Crippen molar-refractivity contribution in [2.45, 2.75) is 51.5 Å². The zero-order chi connectivity index (χ0) is 15.7. The highest BCUT2D eigenvalue weighted by molar-refractivity contribution is 7.10. The van der Waals surface area contributed by atoms with Crippen LogP contribution in [0, 0.1) is 0 Å². The molecule has 2 heterocycles. The summed E-state index contributed by atoms with van der Waals surface area (Å²) in [7, 11) is 0. The summed E-state index contributed by atoms with van der Waals surface area (Å²) in [5, 5.41) is 4.95. The second kappa shape index (κ2) is 5.79. The number of carbonyl (C=O) groups is 2. The minimum atomic E-state index is -0.721. The molecule has 1 aliphatic heterocycles. The van der Waals surface area contributed by atoms with Crippen LogP contribution >= 0.6 is 11.3 Å². The Hall–Kier alpha value is -1.36. The minimum absolute atomic E-state index is 0.0525. The molecular formula is C16H24N2O2S. The van der Waals surface area contributed by atoms with E-state index in [1.54, 1.807) is 16.2 Å². The predicted molar refractivity (Wildman–Crippen MR) is 85.4 cm³/mol. The Labute approximate surface area is 130 Å². The number of hydrogen-bond donors (Lipinski definition) is 1. The fourth-order valence-corrected chi connectivity index (χ4v) is 3.83. The number of nitrogens with one attached hydrogen (secondary N) is 1. The molecule has 1 aromatic rings. The third-order valence-corrected chi connectivity index (χ3v) is 5.63. The van der Waals surface area contributed by atoms with Crippen molar-refractivity contribution in [3.05, 3.63) is 22.4 Å². The number of carbonyl (C=O) groups excluding carboxylic acids is 2. The van der Waals surface area contributed by atoms with Gasteiger partial charge in [0.25, 0.3) is 0 Å². The van der Waals surface area contributed by atoms with Crippen LogP contribution in [0.5, 0.6) is 0 Å². The maximum atomic E-state index is 12.8. The van der Waals surface area contributed by atoms with Gasteiger partial charge in [-0.25, -0.2) is 0 Å². The first kappa shape index (κ1) is 16.0. The fraction of sp³-hybridized carbons (Fsp3) is 0.625. The lowest BCUT2D eigenvalue weighted by atomic mass is 9.86. The summed E-state index contributed by atoms with van der Waals surface area (Å²) in [5.41, 5.74) is -0.866. The van der Waals surface area contributed by atoms with Gasteiger partial charge in [0.05, 0.1) is 6.54 Å². The highest BCUT2D eigenvalue weighted by Crippen LogP contribution is 2.31. The lowest BCUT2D eigenvalue weighted by Crippen LogP contribution is -2.67. The van der Waals surface area contributed by atoms with Crippen molar-refractivity contribution < 1.29 is 9.59 Å². The first-order chi connectivity index (χ1) is 9.84. The monoisotopic (exact) mass is 308 g/mol. The van der Waals surface area contributed by atoms with Gasteiger partial charge in [-0.15, -0.1) is 11.3 Å². The lowest BCUT2D eigenvalue weighted by Gasteiger charge is -2.43. The van der Waals surface area contributed by atoms with Gasteiger partial charge in [0.15, 0.2) is 0 Å². The number of hydrogen-bond acceptors (Lipinski definition) is 3. The van der Waals surface area contributed by atoms with Crippen molar-refractivity contribution in [2.75, 3.05) is 13.1 Å². The number of rotatable bonds is 5. The van der Waals surface area contributed by atoms with Gasteiger partial charge >= 0.3 is 0 Å². The molecule has 5 heteroatoms. The molecule has 2 amide bonds. The van der Waals surface area contributed by atoms with E-state index in [-0.39, 0.29) is 23.8 Å². The first-order valence-corrected chi connectivity index (χ1v) is 8.37. The lowest BCUT2D eigenvalue weighted by molar-refractivity contribution is -0.151. The SMILES string of the molecule is CCC1(CC)NC(=O)CN(CC(C)(C)c2cccs2)C1=O. The van der Waals surface area contributed by atoms with E-state index in [1.807, 2.05) is 25.3 Å². The second-order valence-corrected chi connectivity index (χ2v) is 7.31. The van der Waals surface area contributed by atoms with Crippen LogP contribution in [0.3, 0.4) is 0 Å². The molecule has 0 aliphatic carbocycles. The molecule has 116 valence electrons. The van der Waals surface area contributed by atoms with Gasteiger partial charge in [-0.1, -0.05) is 33.8 Å². The van der Waals surface area contributed by atoms with Gasteiger partial charge in [0.1, 0.15) is 5.54 Å². The summed E-state index contributed by atoms with van der Waals surface area (Å²) in [6, 6.07) is 4.11. The maximum Gasteiger partial charge on any atom is 0.248 e. The van der Waals surface area contributed by atoms with Gasteiger partial charge in [-0.2, -0.15) is 0 Å². The van der Waals surface area contributed by atoms with Gasteiger partial charge in [-0.05, 0) is 24.3 Å². The van der Waals surface area contributed by atoms with E-state index in [0.29, 0.717) is 19.4 Å². The van der Waals surface area contributed by atoms with E-state index >= 15 is 0 Å². The van der Waals surface area contributed by atoms with E-state index in [1.165, 1.54) is 4.88 Å². The van der Waals surface area contributed by atoms with E-state index < -0.39 is 5.54 Å². The molecule has 0 unspecified atom stereocenters. The zero-order valence-corrected chi connectivity index (χ0v) is 14.0. The maximum absolute atomic E-state index is 12.8. The summed E-state index contributed by atoms with van der Waals surface area (Å²) in [6.07, 6.45) is 1.26. The smallest absolute Gasteiger partial charge is 0.248 e. The van der Waals surface area contributed by atoms with Crippen molar-refractivity contribution in [1.82, 2.24) is 10.2 Å². The van der Waals surface area contributed by atoms with Gasteiger partial charge in [-0.3, -0.25) is 9.59 Å². The van der Waals surface area contributed by atoms with Crippen LogP contribution in [0.1, 0.15) is 45.4 Å². The largest absolute Gasteiger partial charge is 0.340 e. The Morgan fingerprint density at radius 1 is 1.33 bits per heavy atom. The van der Waals surface area contributed by atoms with Gasteiger partial charge < -0.3 is 10.2 Å². The molecule has 21 heavy (non-hydrogen) atoms. The second-order valence-electron chi connectivity index (χ2n) is 6.36. The number of piperazine rings is 1. The fourth-order valence-electron chi connectivity index (χ4n) is 2.98. The summed E-state index contributed by atoms with van der Waals surface area (Å²) >= 11 is 1.69. The van der Waals surface area contributed by atoms with Crippen molar-refractivity contribution in [3.63, 3.8) is 0 Å². The standard InChI is InChI=1S/C16H24N2O2S/c1-5-16(6-2)14(20)18(10-13(19)17-16)11-15(3,4)12-8-7-9-21-12/h7-9H,5-6,10-11H2,1-4H3,(H,17,19). The minimum Gasteiger partial charge on any atom is -0.340 e. The molecule has 1 N–H and O–H groups in total. The quantitative estimate of drug-likeness (QED) is 0.909. The summed E-state index contributed by atoms with van der Waals surface area (Å²) in [5.74, 6) is -0.00277. The predicted octanol–water partition coefficient (Wildman–Crippen LogP) is 2.54. The average molecular weight is 308 g/mol. The van der Waals surface area contributed by atoms with Crippen LogP contribution in [0.25, 0.3) is 0 Å². The molecule has 4 nitrogen and oxygen atoms in total. The summed E-state index contributed by atoms with van der Waals surface area (Å²) < 4.78 is 0. The van der Waals surface area contributed by atoms with Crippen LogP contribution in [0.4, 0.5) is 0 Å². The number of thiophene rings is 1. The topological polar surface area (TPSA) is 49.4 Å². The molecule has 0 bridgehead atoms. The third kappa shape index (κ3) is 2.98. The molecule has 1 saturated heterocycles. The first-order valence-electron chi connectivity index (χ1n) is 7.49. The van der Waals surface area contributed by atoms with E-state index in [2.05, 4.69) is 25.2 Å². The molecule has 0 aromatic carbocycles. The van der Waals surface area contributed by atoms with E-state index in [4.69, 9.17) is 0 Å². The average Bonchev–Trinajstić information content (AvgIpc) is 2.97. The van der Waals surface area contributed by atoms with Crippen molar-refractivity contribution in [2.24, 2.45) is 0 Å². The van der Waals surface area contributed by atoms with Crippen molar-refractivity contribution in [3.8, 4) is 0 Å². The molecule has 2 rings (SSSR count). The summed E-state index contributed by atoms with van der Waals surface area (Å²) in [4.78, 5) is 27.8. The Kier molecular flexibility index (Phi) is 4.42. The Morgan fingerprint density at radius 3 is 2.52 bits per heavy atom. The Bertz CT molecular complexity index is 518. The number of nitrogens with zero attached hydrogens (tertiary/aromatic N) is 1. The molecule has 0 spiro atoms. The van der Waals surface area contributed by atoms with Crippen LogP contribution in [0.2, 0.25) is 0 Å². The highest BCUT2D eigenvalue weighted by atomic mass is 32.1. The van der Waals surface area contributed by atoms with Gasteiger partial charge in [0.2, 0.25) is 11.8 Å². The normalized spacial score (nSPS) is 18.8. The highest BCUT2D eigenvalue weighted by Gasteiger charge is 2.45. The molecule has 1 fully saturated rings. The van der Waals surface area contributed by atoms with Crippen molar-refractivity contribution in [1.29, 1.82) is 0 Å². The Balaban J connectivity index is 2.23. The zero-order valence-electron chi connectivity index (χ0n) is 13.2. The summed E-state index contributed by atoms with van der Waals surface area (Å²) in [6.45, 7) is 8.89. The molecule has 1 aliphatic rings. The van der Waals surface area contributed by atoms with Crippen LogP contribution in [-0.4, -0.2) is 35.3 Å². The molecular weight excluding hydrogens is 284 g/mol. The third-order valence-electron chi connectivity index (χ3n) is 4.39. The van der Waals surface area contributed by atoms with E-state index in [0.717, 1.165) is 0 Å². The van der Waals surface area contributed by atoms with Crippen LogP contribution in [0.15, 0.2) is 17.5 Å². The molecule has 0 radical (unpaired) electrons. The molecule has 0 atom stereocenters. The molecule has 1 aromatic heterocycles. The van der Waals surface area contributed by atoms with E-state index in [9.17, 15) is 9.59 Å². The Morgan fingerprint density at radius 2 is 2.00 bits per heavy atom. The van der Waals surface area contributed by atoms with Crippen molar-refractivity contribution >= 4 is 23.2 Å². The van der Waals surface area contributed by atoms with Crippen LogP contribution in [-0.2, 0) is 15.0 Å². The van der Waals surface area contributed by atoms with Gasteiger partial charge in [0, 0.05) is 16.8 Å².